The molecule has 1 aliphatic rings. The molecule has 0 aliphatic heterocycles. The number of aryl methyl sites for hydroxylation is 1. The van der Waals surface area contributed by atoms with Crippen molar-refractivity contribution in [1.82, 2.24) is 5.32 Å². The standard InChI is InChI=1S/C12H17NOS.C5H11NOS.C2H6/c1-3-7-14-9(2)13-11-5-4-10-6-8-15-12(10)11;1-5(8)6-3-4-7-2;1-2/h6,8,11H,3-5,7H2,1-2H3;3-4H2,1-2H3,(H,6,8);1-2H3. The second-order valence-corrected chi connectivity index (χ2v) is 6.90. The summed E-state index contributed by atoms with van der Waals surface area (Å²) < 4.78 is 10.3. The van der Waals surface area contributed by atoms with E-state index in [1.165, 1.54) is 16.9 Å². The normalized spacial score (nSPS) is 15.3. The van der Waals surface area contributed by atoms with Gasteiger partial charge in [0.15, 0.2) is 5.90 Å². The number of nitrogens with zero attached hydrogens (tertiary/aromatic N) is 1. The maximum atomic E-state index is 5.50. The Hall–Kier alpha value is -0.980. The van der Waals surface area contributed by atoms with E-state index in [1.54, 1.807) is 7.11 Å². The molecular weight excluding hydrogens is 352 g/mol. The largest absolute Gasteiger partial charge is 0.481 e. The fourth-order valence-electron chi connectivity index (χ4n) is 2.23. The number of rotatable bonds is 6. The van der Waals surface area contributed by atoms with Gasteiger partial charge in [-0.2, -0.15) is 0 Å². The molecule has 0 aromatic carbocycles. The SMILES string of the molecule is CC.CCCOC(C)=NC1CCc2ccsc21.COCCNC(C)=S. The van der Waals surface area contributed by atoms with Crippen LogP contribution < -0.4 is 5.32 Å². The minimum Gasteiger partial charge on any atom is -0.481 e. The van der Waals surface area contributed by atoms with Crippen LogP contribution in [0.2, 0.25) is 0 Å². The number of fused-ring (bicyclic) bond motifs is 1. The molecule has 0 saturated heterocycles. The van der Waals surface area contributed by atoms with Crippen LogP contribution in [0.4, 0.5) is 0 Å². The van der Waals surface area contributed by atoms with Crippen LogP contribution in [0.1, 0.15) is 63.9 Å². The van der Waals surface area contributed by atoms with Crippen molar-refractivity contribution in [2.45, 2.75) is 59.9 Å². The van der Waals surface area contributed by atoms with Crippen LogP contribution in [-0.4, -0.2) is 37.8 Å². The number of nitrogens with one attached hydrogen (secondary N) is 1. The number of methoxy groups -OCH3 is 1. The monoisotopic (exact) mass is 386 g/mol. The molecule has 1 aromatic heterocycles. The highest BCUT2D eigenvalue weighted by molar-refractivity contribution is 7.80. The Bertz CT molecular complexity index is 501. The van der Waals surface area contributed by atoms with E-state index in [4.69, 9.17) is 21.7 Å². The number of aliphatic imine (C=N–C) groups is 1. The fourth-order valence-corrected chi connectivity index (χ4v) is 3.36. The molecule has 1 aliphatic carbocycles. The summed E-state index contributed by atoms with van der Waals surface area (Å²) in [6.45, 7) is 12.2. The summed E-state index contributed by atoms with van der Waals surface area (Å²) in [5, 5.41) is 5.11. The lowest BCUT2D eigenvalue weighted by Crippen LogP contribution is -2.22. The van der Waals surface area contributed by atoms with Crippen molar-refractivity contribution >= 4 is 34.4 Å². The number of thiocarbonyl (C=S) groups is 1. The molecule has 2 rings (SSSR count). The first-order valence-corrected chi connectivity index (χ1v) is 10.3. The van der Waals surface area contributed by atoms with Gasteiger partial charge in [-0.25, -0.2) is 4.99 Å². The quantitative estimate of drug-likeness (QED) is 0.317. The number of hydrogen-bond acceptors (Lipinski definition) is 5. The van der Waals surface area contributed by atoms with E-state index in [1.807, 2.05) is 39.0 Å². The number of hydrogen-bond donors (Lipinski definition) is 1. The predicted octanol–water partition coefficient (Wildman–Crippen LogP) is 5.18. The lowest BCUT2D eigenvalue weighted by Gasteiger charge is -2.07. The molecule has 0 spiro atoms. The van der Waals surface area contributed by atoms with Crippen molar-refractivity contribution in [3.05, 3.63) is 21.9 Å². The molecular formula is C19H34N2O2S2. The zero-order valence-electron chi connectivity index (χ0n) is 16.6. The molecule has 0 bridgehead atoms. The summed E-state index contributed by atoms with van der Waals surface area (Å²) >= 11 is 6.57. The van der Waals surface area contributed by atoms with E-state index in [9.17, 15) is 0 Å². The minimum atomic E-state index is 0.358. The zero-order valence-corrected chi connectivity index (χ0v) is 18.2. The van der Waals surface area contributed by atoms with E-state index in [2.05, 4.69) is 28.7 Å². The van der Waals surface area contributed by atoms with Crippen LogP contribution >= 0.6 is 23.6 Å². The van der Waals surface area contributed by atoms with Gasteiger partial charge in [-0.3, -0.25) is 0 Å². The highest BCUT2D eigenvalue weighted by Gasteiger charge is 2.23. The maximum Gasteiger partial charge on any atom is 0.180 e. The third-order valence-corrected chi connectivity index (χ3v) is 4.51. The topological polar surface area (TPSA) is 42.9 Å². The lowest BCUT2D eigenvalue weighted by molar-refractivity contribution is 0.204. The van der Waals surface area contributed by atoms with Gasteiger partial charge in [-0.1, -0.05) is 33.0 Å². The van der Waals surface area contributed by atoms with Gasteiger partial charge in [0.1, 0.15) is 0 Å². The smallest absolute Gasteiger partial charge is 0.180 e. The summed E-state index contributed by atoms with van der Waals surface area (Å²) in [6, 6.07) is 2.58. The Labute approximate surface area is 163 Å². The summed E-state index contributed by atoms with van der Waals surface area (Å²) in [7, 11) is 1.67. The average Bonchev–Trinajstić information content (AvgIpc) is 3.20. The van der Waals surface area contributed by atoms with Gasteiger partial charge in [0.05, 0.1) is 24.2 Å². The molecule has 4 nitrogen and oxygen atoms in total. The Morgan fingerprint density at radius 3 is 2.68 bits per heavy atom. The highest BCUT2D eigenvalue weighted by Crippen LogP contribution is 2.37. The second-order valence-electron chi connectivity index (χ2n) is 5.34. The highest BCUT2D eigenvalue weighted by atomic mass is 32.1. The molecule has 1 heterocycles. The van der Waals surface area contributed by atoms with Crippen molar-refractivity contribution < 1.29 is 9.47 Å². The van der Waals surface area contributed by atoms with Gasteiger partial charge < -0.3 is 14.8 Å². The van der Waals surface area contributed by atoms with Gasteiger partial charge in [-0.05, 0) is 43.2 Å². The predicted molar refractivity (Wildman–Crippen MR) is 114 cm³/mol. The first-order valence-electron chi connectivity index (χ1n) is 9.05. The van der Waals surface area contributed by atoms with Crippen molar-refractivity contribution in [2.75, 3.05) is 26.9 Å². The molecule has 25 heavy (non-hydrogen) atoms. The van der Waals surface area contributed by atoms with E-state index >= 15 is 0 Å². The minimum absolute atomic E-state index is 0.358. The maximum absolute atomic E-state index is 5.50. The first-order chi connectivity index (χ1) is 12.1. The summed E-state index contributed by atoms with van der Waals surface area (Å²) in [5.41, 5.74) is 1.48. The van der Waals surface area contributed by atoms with Gasteiger partial charge in [-0.15, -0.1) is 11.3 Å². The summed E-state index contributed by atoms with van der Waals surface area (Å²) in [5.74, 6) is 0.836. The van der Waals surface area contributed by atoms with E-state index < -0.39 is 0 Å². The van der Waals surface area contributed by atoms with Crippen molar-refractivity contribution in [2.24, 2.45) is 4.99 Å². The molecule has 1 N–H and O–H groups in total. The molecule has 0 amide bonds. The van der Waals surface area contributed by atoms with E-state index in [0.29, 0.717) is 12.6 Å². The Morgan fingerprint density at radius 1 is 1.36 bits per heavy atom. The van der Waals surface area contributed by atoms with E-state index in [-0.39, 0.29) is 0 Å². The first kappa shape index (κ1) is 24.0. The molecule has 0 radical (unpaired) electrons. The van der Waals surface area contributed by atoms with Crippen LogP contribution in [-0.2, 0) is 15.9 Å². The van der Waals surface area contributed by atoms with Crippen molar-refractivity contribution in [3.8, 4) is 0 Å². The van der Waals surface area contributed by atoms with Crippen LogP contribution in [0, 0.1) is 0 Å². The van der Waals surface area contributed by atoms with E-state index in [0.717, 1.165) is 36.9 Å². The van der Waals surface area contributed by atoms with Crippen molar-refractivity contribution in [3.63, 3.8) is 0 Å². The molecule has 0 saturated carbocycles. The van der Waals surface area contributed by atoms with Gasteiger partial charge in [0, 0.05) is 25.5 Å². The molecule has 1 unspecified atom stereocenters. The Kier molecular flexibility index (Phi) is 14.7. The number of thiophene rings is 1. The summed E-state index contributed by atoms with van der Waals surface area (Å²) in [4.78, 5) is 6.89. The van der Waals surface area contributed by atoms with Crippen LogP contribution in [0.3, 0.4) is 0 Å². The Balaban J connectivity index is 0.000000493. The molecule has 1 atom stereocenters. The van der Waals surface area contributed by atoms with Gasteiger partial charge in [0.2, 0.25) is 0 Å². The van der Waals surface area contributed by atoms with Gasteiger partial charge >= 0.3 is 0 Å². The van der Waals surface area contributed by atoms with Crippen LogP contribution in [0.15, 0.2) is 16.4 Å². The summed E-state index contributed by atoms with van der Waals surface area (Å²) in [6.07, 6.45) is 3.37. The third-order valence-electron chi connectivity index (χ3n) is 3.30. The molecule has 144 valence electrons. The van der Waals surface area contributed by atoms with Gasteiger partial charge in [0.25, 0.3) is 0 Å². The number of ether oxygens (including phenoxy) is 2. The second kappa shape index (κ2) is 15.3. The van der Waals surface area contributed by atoms with Crippen LogP contribution in [0.25, 0.3) is 0 Å². The zero-order chi connectivity index (χ0) is 19.1. The average molecular weight is 387 g/mol. The molecule has 0 fully saturated rings. The third kappa shape index (κ3) is 10.6. The lowest BCUT2D eigenvalue weighted by atomic mass is 10.3. The molecule has 1 aromatic rings. The van der Waals surface area contributed by atoms with Crippen LogP contribution in [0.5, 0.6) is 0 Å². The Morgan fingerprint density at radius 2 is 2.08 bits per heavy atom. The molecule has 6 heteroatoms. The van der Waals surface area contributed by atoms with Crippen molar-refractivity contribution in [1.29, 1.82) is 0 Å². The fraction of sp³-hybridized carbons (Fsp3) is 0.684.